The lowest BCUT2D eigenvalue weighted by Gasteiger charge is -2.54. The van der Waals surface area contributed by atoms with Gasteiger partial charge in [-0.25, -0.2) is 0 Å². The molecule has 1 aliphatic carbocycles. The predicted octanol–water partition coefficient (Wildman–Crippen LogP) is 1.96. The third-order valence-electron chi connectivity index (χ3n) is 4.53. The highest BCUT2D eigenvalue weighted by Crippen LogP contribution is 2.45. The van der Waals surface area contributed by atoms with E-state index in [1.165, 1.54) is 45.4 Å². The molecule has 3 fully saturated rings. The molecular weight excluding hydrogens is 184 g/mol. The molecule has 1 saturated carbocycles. The third-order valence-corrected chi connectivity index (χ3v) is 4.53. The molecule has 0 aromatic rings. The lowest BCUT2D eigenvalue weighted by molar-refractivity contribution is -0.0523. The first-order valence-corrected chi connectivity index (χ1v) is 6.48. The Labute approximate surface area is 93.6 Å². The van der Waals surface area contributed by atoms with Crippen molar-refractivity contribution >= 4 is 0 Å². The van der Waals surface area contributed by atoms with E-state index in [2.05, 4.69) is 30.6 Å². The molecule has 2 saturated heterocycles. The fourth-order valence-electron chi connectivity index (χ4n) is 3.22. The van der Waals surface area contributed by atoms with E-state index in [1.54, 1.807) is 0 Å². The highest BCUT2D eigenvalue weighted by Gasteiger charge is 2.51. The van der Waals surface area contributed by atoms with Crippen molar-refractivity contribution < 1.29 is 0 Å². The Balaban J connectivity index is 1.57. The maximum Gasteiger partial charge on any atom is 0.0125 e. The van der Waals surface area contributed by atoms with Crippen LogP contribution < -0.4 is 0 Å². The molecule has 1 spiro atoms. The zero-order valence-corrected chi connectivity index (χ0v) is 10.4. The molecule has 2 heteroatoms. The van der Waals surface area contributed by atoms with Gasteiger partial charge >= 0.3 is 0 Å². The zero-order chi connectivity index (χ0) is 10.7. The first-order valence-electron chi connectivity index (χ1n) is 6.48. The van der Waals surface area contributed by atoms with Gasteiger partial charge in [0.25, 0.3) is 0 Å². The number of likely N-dealkylation sites (tertiary alicyclic amines) is 2. The van der Waals surface area contributed by atoms with Crippen LogP contribution in [0.5, 0.6) is 0 Å². The molecule has 0 N–H and O–H groups in total. The molecule has 0 atom stereocenters. The molecule has 15 heavy (non-hydrogen) atoms. The van der Waals surface area contributed by atoms with Gasteiger partial charge in [-0.15, -0.1) is 0 Å². The molecule has 0 aromatic heterocycles. The minimum Gasteiger partial charge on any atom is -0.300 e. The molecule has 2 aliphatic heterocycles. The second kappa shape index (κ2) is 2.98. The summed E-state index contributed by atoms with van der Waals surface area (Å²) in [6, 6.07) is 0.980. The summed E-state index contributed by atoms with van der Waals surface area (Å²) in [7, 11) is 0. The third kappa shape index (κ3) is 1.72. The zero-order valence-electron chi connectivity index (χ0n) is 10.4. The van der Waals surface area contributed by atoms with E-state index in [-0.39, 0.29) is 0 Å². The molecule has 2 heterocycles. The van der Waals surface area contributed by atoms with Crippen molar-refractivity contribution in [1.29, 1.82) is 0 Å². The monoisotopic (exact) mass is 208 g/mol. The minimum absolute atomic E-state index is 0.387. The molecule has 0 bridgehead atoms. The first kappa shape index (κ1) is 10.1. The van der Waals surface area contributed by atoms with Gasteiger partial charge in [0, 0.05) is 36.6 Å². The second-order valence-electron chi connectivity index (χ2n) is 6.98. The Morgan fingerprint density at radius 3 is 2.27 bits per heavy atom. The topological polar surface area (TPSA) is 6.48 Å². The molecule has 2 nitrogen and oxygen atoms in total. The Morgan fingerprint density at radius 2 is 1.73 bits per heavy atom. The van der Waals surface area contributed by atoms with E-state index in [0.717, 1.165) is 6.04 Å². The van der Waals surface area contributed by atoms with Crippen LogP contribution >= 0.6 is 0 Å². The minimum atomic E-state index is 0.387. The lowest BCUT2D eigenvalue weighted by atomic mass is 9.76. The van der Waals surface area contributed by atoms with Gasteiger partial charge in [-0.05, 0) is 46.6 Å². The second-order valence-corrected chi connectivity index (χ2v) is 6.98. The van der Waals surface area contributed by atoms with Gasteiger partial charge in [0.2, 0.25) is 0 Å². The number of nitrogens with zero attached hydrogens (tertiary/aromatic N) is 2. The van der Waals surface area contributed by atoms with Crippen molar-refractivity contribution in [3.05, 3.63) is 0 Å². The summed E-state index contributed by atoms with van der Waals surface area (Å²) in [6.45, 7) is 12.5. The van der Waals surface area contributed by atoms with E-state index >= 15 is 0 Å². The SMILES string of the molecule is CC(C)(C)N1CC2(CCN(C3CC3)C2)C1. The molecule has 0 unspecified atom stereocenters. The van der Waals surface area contributed by atoms with Crippen LogP contribution in [0.25, 0.3) is 0 Å². The van der Waals surface area contributed by atoms with Crippen LogP contribution in [-0.4, -0.2) is 47.6 Å². The van der Waals surface area contributed by atoms with Gasteiger partial charge in [0.15, 0.2) is 0 Å². The van der Waals surface area contributed by atoms with Crippen molar-refractivity contribution in [1.82, 2.24) is 9.80 Å². The normalized spacial score (nSPS) is 32.2. The summed E-state index contributed by atoms with van der Waals surface area (Å²) in [4.78, 5) is 5.39. The largest absolute Gasteiger partial charge is 0.300 e. The molecule has 0 aromatic carbocycles. The van der Waals surface area contributed by atoms with Gasteiger partial charge in [-0.2, -0.15) is 0 Å². The summed E-state index contributed by atoms with van der Waals surface area (Å²) in [5.41, 5.74) is 1.08. The van der Waals surface area contributed by atoms with Crippen molar-refractivity contribution in [2.24, 2.45) is 5.41 Å². The summed E-state index contributed by atoms with van der Waals surface area (Å²) in [5.74, 6) is 0. The summed E-state index contributed by atoms with van der Waals surface area (Å²) in [5, 5.41) is 0. The smallest absolute Gasteiger partial charge is 0.0125 e. The average molecular weight is 208 g/mol. The quantitative estimate of drug-likeness (QED) is 0.650. The Hall–Kier alpha value is -0.0800. The molecular formula is C13H24N2. The van der Waals surface area contributed by atoms with Crippen LogP contribution in [0.4, 0.5) is 0 Å². The van der Waals surface area contributed by atoms with Gasteiger partial charge in [0.1, 0.15) is 0 Å². The highest BCUT2D eigenvalue weighted by atomic mass is 15.3. The fraction of sp³-hybridized carbons (Fsp3) is 1.00. The van der Waals surface area contributed by atoms with Crippen LogP contribution in [0.3, 0.4) is 0 Å². The Kier molecular flexibility index (Phi) is 2.01. The van der Waals surface area contributed by atoms with Gasteiger partial charge in [-0.1, -0.05) is 0 Å². The van der Waals surface area contributed by atoms with Crippen LogP contribution in [0, 0.1) is 5.41 Å². The average Bonchev–Trinajstić information content (AvgIpc) is 2.80. The number of hydrogen-bond acceptors (Lipinski definition) is 2. The van der Waals surface area contributed by atoms with Crippen LogP contribution in [0.1, 0.15) is 40.0 Å². The summed E-state index contributed by atoms with van der Waals surface area (Å²) < 4.78 is 0. The standard InChI is InChI=1S/C13H24N2/c1-12(2,3)15-9-13(10-15)6-7-14(8-13)11-4-5-11/h11H,4-10H2,1-3H3. The van der Waals surface area contributed by atoms with Crippen LogP contribution in [0.2, 0.25) is 0 Å². The van der Waals surface area contributed by atoms with Gasteiger partial charge < -0.3 is 0 Å². The maximum atomic E-state index is 2.75. The summed E-state index contributed by atoms with van der Waals surface area (Å²) in [6.07, 6.45) is 4.40. The van der Waals surface area contributed by atoms with E-state index in [1.807, 2.05) is 0 Å². The van der Waals surface area contributed by atoms with Gasteiger partial charge in [-0.3, -0.25) is 9.80 Å². The Morgan fingerprint density at radius 1 is 1.07 bits per heavy atom. The van der Waals surface area contributed by atoms with E-state index < -0.39 is 0 Å². The van der Waals surface area contributed by atoms with Crippen LogP contribution in [-0.2, 0) is 0 Å². The van der Waals surface area contributed by atoms with Crippen molar-refractivity contribution in [2.75, 3.05) is 26.2 Å². The molecule has 0 amide bonds. The van der Waals surface area contributed by atoms with Gasteiger partial charge in [0.05, 0.1) is 0 Å². The molecule has 86 valence electrons. The fourth-order valence-corrected chi connectivity index (χ4v) is 3.22. The maximum absolute atomic E-state index is 2.75. The molecule has 0 radical (unpaired) electrons. The summed E-state index contributed by atoms with van der Waals surface area (Å²) >= 11 is 0. The highest BCUT2D eigenvalue weighted by molar-refractivity contribution is 5.06. The Bertz CT molecular complexity index is 256. The number of hydrogen-bond donors (Lipinski definition) is 0. The predicted molar refractivity (Wildman–Crippen MR) is 63.0 cm³/mol. The molecule has 3 aliphatic rings. The number of rotatable bonds is 1. The van der Waals surface area contributed by atoms with E-state index in [0.29, 0.717) is 11.0 Å². The first-order chi connectivity index (χ1) is 6.99. The van der Waals surface area contributed by atoms with Crippen LogP contribution in [0.15, 0.2) is 0 Å². The van der Waals surface area contributed by atoms with E-state index in [9.17, 15) is 0 Å². The van der Waals surface area contributed by atoms with Crippen molar-refractivity contribution in [2.45, 2.75) is 51.6 Å². The van der Waals surface area contributed by atoms with Crippen molar-refractivity contribution in [3.63, 3.8) is 0 Å². The van der Waals surface area contributed by atoms with E-state index in [4.69, 9.17) is 0 Å². The molecule has 3 rings (SSSR count). The van der Waals surface area contributed by atoms with Crippen molar-refractivity contribution in [3.8, 4) is 0 Å². The lowest BCUT2D eigenvalue weighted by Crippen LogP contribution is -2.63.